The molecule has 19 nitrogen and oxygen atoms in total. The molecule has 0 amide bonds. The van der Waals surface area contributed by atoms with E-state index in [9.17, 15) is 9.59 Å². The van der Waals surface area contributed by atoms with Crippen LogP contribution in [0.4, 0.5) is 0 Å². The number of nitrogens with zero attached hydrogens (tertiary/aromatic N) is 4. The molecular weight excluding hydrogens is 656 g/mol. The minimum Gasteiger partial charge on any atom is -0.481 e. The maximum Gasteiger partial charge on any atom is 0.305 e. The van der Waals surface area contributed by atoms with E-state index < -0.39 is 11.9 Å². The van der Waals surface area contributed by atoms with Gasteiger partial charge in [0.1, 0.15) is 0 Å². The molecule has 0 aliphatic carbocycles. The fraction of sp³-hybridized carbons (Fsp3) is 0.933. The van der Waals surface area contributed by atoms with Gasteiger partial charge in [-0.3, -0.25) is 14.5 Å². The predicted octanol–water partition coefficient (Wildman–Crippen LogP) is 0.731. The first-order valence-corrected chi connectivity index (χ1v) is 16.6. The molecule has 0 heterocycles. The molecule has 0 spiro atoms. The fourth-order valence-corrected chi connectivity index (χ4v) is 3.45. The van der Waals surface area contributed by atoms with Crippen molar-refractivity contribution in [3.05, 3.63) is 10.4 Å². The normalized spacial score (nSPS) is 11.3. The number of hydrogen-bond donors (Lipinski definition) is 2. The minimum absolute atomic E-state index is 0.0224. The zero-order chi connectivity index (χ0) is 35.7. The largest absolute Gasteiger partial charge is 0.481 e. The summed E-state index contributed by atoms with van der Waals surface area (Å²) in [5.41, 5.74) is 8.22. The van der Waals surface area contributed by atoms with Crippen molar-refractivity contribution in [3.8, 4) is 0 Å². The Morgan fingerprint density at radius 2 is 0.673 bits per heavy atom. The molecule has 0 fully saturated rings. The van der Waals surface area contributed by atoms with Crippen molar-refractivity contribution in [1.82, 2.24) is 4.90 Å². The summed E-state index contributed by atoms with van der Waals surface area (Å²) < 4.78 is 60.0. The molecular formula is C30H58N4O15. The molecule has 288 valence electrons. The van der Waals surface area contributed by atoms with Crippen molar-refractivity contribution in [1.29, 1.82) is 0 Å². The molecule has 0 saturated carbocycles. The van der Waals surface area contributed by atoms with Crippen molar-refractivity contribution in [2.24, 2.45) is 5.11 Å². The highest BCUT2D eigenvalue weighted by Gasteiger charge is 2.06. The Kier molecular flexibility index (Phi) is 38.4. The zero-order valence-corrected chi connectivity index (χ0v) is 28.8. The Balaban J connectivity index is 3.95. The Morgan fingerprint density at radius 1 is 0.429 bits per heavy atom. The third kappa shape index (κ3) is 41.9. The van der Waals surface area contributed by atoms with Crippen LogP contribution in [0, 0.1) is 0 Å². The van der Waals surface area contributed by atoms with E-state index in [0.717, 1.165) is 0 Å². The third-order valence-corrected chi connectivity index (χ3v) is 5.95. The van der Waals surface area contributed by atoms with Crippen LogP contribution >= 0.6 is 0 Å². The van der Waals surface area contributed by atoms with Crippen molar-refractivity contribution in [2.75, 3.05) is 172 Å². The smallest absolute Gasteiger partial charge is 0.305 e. The second-order valence-corrected chi connectivity index (χ2v) is 9.82. The van der Waals surface area contributed by atoms with Crippen LogP contribution in [0.3, 0.4) is 0 Å². The van der Waals surface area contributed by atoms with Gasteiger partial charge in [-0.15, -0.1) is 0 Å². The summed E-state index contributed by atoms with van der Waals surface area (Å²) in [6.07, 6.45) is -0.0447. The molecule has 0 aromatic heterocycles. The summed E-state index contributed by atoms with van der Waals surface area (Å²) in [5, 5.41) is 20.5. The molecule has 0 radical (unpaired) electrons. The molecule has 0 unspecified atom stereocenters. The lowest BCUT2D eigenvalue weighted by atomic mass is 10.4. The van der Waals surface area contributed by atoms with Crippen LogP contribution in [0.25, 0.3) is 10.4 Å². The standard InChI is InChI=1S/C30H58N4O15/c31-33-32-3-9-41-15-21-47-22-16-42-10-4-34(5-11-43-17-23-48-27-25-45-19-13-39-7-1-29(35)36)6-12-44-18-24-49-28-26-46-20-14-40-8-2-30(37)38/h1-28H2,(H,35,36)(H,37,38). The number of ether oxygens (including phenoxy) is 11. The SMILES string of the molecule is [N-]=[N+]=NCCOCCOCCOCCN(CCOCCOCCOCCOCCC(=O)O)CCOCCOCCOCCOCCC(=O)O. The summed E-state index contributed by atoms with van der Waals surface area (Å²) in [6.45, 7) is 11.3. The van der Waals surface area contributed by atoms with Gasteiger partial charge in [-0.25, -0.2) is 0 Å². The predicted molar refractivity (Wildman–Crippen MR) is 174 cm³/mol. The lowest BCUT2D eigenvalue weighted by Gasteiger charge is -2.22. The molecule has 0 aromatic carbocycles. The van der Waals surface area contributed by atoms with Crippen LogP contribution in [0.15, 0.2) is 5.11 Å². The van der Waals surface area contributed by atoms with E-state index in [1.807, 2.05) is 0 Å². The monoisotopic (exact) mass is 714 g/mol. The van der Waals surface area contributed by atoms with Gasteiger partial charge in [0.2, 0.25) is 0 Å². The van der Waals surface area contributed by atoms with Gasteiger partial charge < -0.3 is 62.3 Å². The number of rotatable bonds is 42. The van der Waals surface area contributed by atoms with E-state index in [2.05, 4.69) is 14.9 Å². The molecule has 0 saturated heterocycles. The van der Waals surface area contributed by atoms with Crippen LogP contribution in [0.5, 0.6) is 0 Å². The van der Waals surface area contributed by atoms with Gasteiger partial charge in [0.15, 0.2) is 0 Å². The Bertz CT molecular complexity index is 740. The summed E-state index contributed by atoms with van der Waals surface area (Å²) >= 11 is 0. The van der Waals surface area contributed by atoms with Gasteiger partial charge in [0.25, 0.3) is 0 Å². The lowest BCUT2D eigenvalue weighted by molar-refractivity contribution is -0.139. The van der Waals surface area contributed by atoms with Gasteiger partial charge in [-0.1, -0.05) is 5.11 Å². The summed E-state index contributed by atoms with van der Waals surface area (Å²) in [4.78, 5) is 25.7. The first-order valence-electron chi connectivity index (χ1n) is 16.6. The number of carboxylic acid groups (broad SMARTS) is 2. The minimum atomic E-state index is -0.889. The fourth-order valence-electron chi connectivity index (χ4n) is 3.45. The van der Waals surface area contributed by atoms with Gasteiger partial charge in [0.05, 0.1) is 158 Å². The second-order valence-electron chi connectivity index (χ2n) is 9.82. The number of carboxylic acids is 2. The molecule has 0 rings (SSSR count). The van der Waals surface area contributed by atoms with Crippen molar-refractivity contribution >= 4 is 11.9 Å². The quantitative estimate of drug-likeness (QED) is 0.0384. The van der Waals surface area contributed by atoms with E-state index in [0.29, 0.717) is 158 Å². The van der Waals surface area contributed by atoms with Crippen molar-refractivity contribution < 1.29 is 71.9 Å². The number of azide groups is 1. The summed E-state index contributed by atoms with van der Waals surface area (Å²) in [6, 6.07) is 0. The van der Waals surface area contributed by atoms with Crippen molar-refractivity contribution in [3.63, 3.8) is 0 Å². The van der Waals surface area contributed by atoms with Gasteiger partial charge in [0, 0.05) is 31.1 Å². The Morgan fingerprint density at radius 3 is 0.939 bits per heavy atom. The van der Waals surface area contributed by atoms with Gasteiger partial charge in [-0.05, 0) is 5.53 Å². The van der Waals surface area contributed by atoms with Gasteiger partial charge >= 0.3 is 11.9 Å². The number of aliphatic carboxylic acids is 2. The second kappa shape index (κ2) is 40.2. The van der Waals surface area contributed by atoms with Crippen LogP contribution in [0.2, 0.25) is 0 Å². The Hall–Kier alpha value is -2.23. The topological polar surface area (TPSA) is 228 Å². The van der Waals surface area contributed by atoms with Crippen LogP contribution in [-0.4, -0.2) is 199 Å². The van der Waals surface area contributed by atoms with Gasteiger partial charge in [-0.2, -0.15) is 0 Å². The molecule has 49 heavy (non-hydrogen) atoms. The number of hydrogen-bond acceptors (Lipinski definition) is 15. The van der Waals surface area contributed by atoms with Crippen LogP contribution in [-0.2, 0) is 61.7 Å². The highest BCUT2D eigenvalue weighted by molar-refractivity contribution is 5.67. The van der Waals surface area contributed by atoms with Crippen molar-refractivity contribution in [2.45, 2.75) is 12.8 Å². The molecule has 0 aromatic rings. The molecule has 2 N–H and O–H groups in total. The molecule has 19 heteroatoms. The molecule has 0 atom stereocenters. The van der Waals surface area contributed by atoms with E-state index in [4.69, 9.17) is 67.8 Å². The molecule has 0 aliphatic heterocycles. The van der Waals surface area contributed by atoms with E-state index in [1.54, 1.807) is 0 Å². The third-order valence-electron chi connectivity index (χ3n) is 5.95. The highest BCUT2D eigenvalue weighted by atomic mass is 16.6. The maximum atomic E-state index is 10.4. The van der Waals surface area contributed by atoms with E-state index in [-0.39, 0.29) is 26.1 Å². The van der Waals surface area contributed by atoms with E-state index in [1.165, 1.54) is 0 Å². The first kappa shape index (κ1) is 46.8. The molecule has 0 bridgehead atoms. The summed E-state index contributed by atoms with van der Waals surface area (Å²) in [5.74, 6) is -1.78. The average Bonchev–Trinajstić information content (AvgIpc) is 3.08. The average molecular weight is 715 g/mol. The van der Waals surface area contributed by atoms with Crippen LogP contribution in [0.1, 0.15) is 12.8 Å². The lowest BCUT2D eigenvalue weighted by Crippen LogP contribution is -2.34. The first-order chi connectivity index (χ1) is 24.1. The Labute approximate surface area is 288 Å². The summed E-state index contributed by atoms with van der Waals surface area (Å²) in [7, 11) is 0. The zero-order valence-electron chi connectivity index (χ0n) is 28.8. The molecule has 0 aliphatic rings. The highest BCUT2D eigenvalue weighted by Crippen LogP contribution is 1.93. The number of carbonyl (C=O) groups is 2. The maximum absolute atomic E-state index is 10.4. The van der Waals surface area contributed by atoms with Crippen LogP contribution < -0.4 is 0 Å². The van der Waals surface area contributed by atoms with E-state index >= 15 is 0 Å².